The molecule has 32 heavy (non-hydrogen) atoms. The zero-order valence-electron chi connectivity index (χ0n) is 16.9. The number of esters is 1. The molecule has 0 N–H and O–H groups in total. The van der Waals surface area contributed by atoms with Gasteiger partial charge in [0.1, 0.15) is 16.1 Å². The number of hydrogen-bond acceptors (Lipinski definition) is 8. The van der Waals surface area contributed by atoms with Gasteiger partial charge in [0.05, 0.1) is 12.2 Å². The minimum atomic E-state index is -0.362. The predicted octanol–water partition coefficient (Wildman–Crippen LogP) is 3.20. The van der Waals surface area contributed by atoms with Crippen molar-refractivity contribution < 1.29 is 13.9 Å². The second kappa shape index (κ2) is 8.20. The SMILES string of the molecule is CCOC(=O)c1ccc(-c2ccc(/C=c3\sc4nc(-c5ccncc5)nn4c3=O)o2)cc1. The molecule has 0 radical (unpaired) electrons. The van der Waals surface area contributed by atoms with Crippen LogP contribution in [0.4, 0.5) is 0 Å². The van der Waals surface area contributed by atoms with Gasteiger partial charge in [-0.2, -0.15) is 9.50 Å². The fourth-order valence-corrected chi connectivity index (χ4v) is 4.04. The highest BCUT2D eigenvalue weighted by atomic mass is 32.1. The maximum Gasteiger partial charge on any atom is 0.338 e. The monoisotopic (exact) mass is 444 g/mol. The highest BCUT2D eigenvalue weighted by molar-refractivity contribution is 7.15. The topological polar surface area (TPSA) is 99.6 Å². The van der Waals surface area contributed by atoms with Gasteiger partial charge in [0.2, 0.25) is 4.96 Å². The number of ether oxygens (including phenoxy) is 1. The quantitative estimate of drug-likeness (QED) is 0.384. The largest absolute Gasteiger partial charge is 0.462 e. The van der Waals surface area contributed by atoms with Gasteiger partial charge in [0.25, 0.3) is 5.56 Å². The van der Waals surface area contributed by atoms with E-state index in [0.29, 0.717) is 39.0 Å². The molecule has 158 valence electrons. The zero-order chi connectivity index (χ0) is 22.1. The first-order chi connectivity index (χ1) is 15.6. The molecule has 0 fully saturated rings. The van der Waals surface area contributed by atoms with E-state index in [1.165, 1.54) is 15.9 Å². The summed E-state index contributed by atoms with van der Waals surface area (Å²) >= 11 is 1.24. The Morgan fingerprint density at radius 2 is 1.88 bits per heavy atom. The molecule has 0 bridgehead atoms. The lowest BCUT2D eigenvalue weighted by Gasteiger charge is -2.02. The normalized spacial score (nSPS) is 11.8. The highest BCUT2D eigenvalue weighted by Crippen LogP contribution is 2.23. The van der Waals surface area contributed by atoms with Crippen molar-refractivity contribution in [2.75, 3.05) is 6.61 Å². The maximum atomic E-state index is 12.8. The van der Waals surface area contributed by atoms with E-state index < -0.39 is 0 Å². The van der Waals surface area contributed by atoms with Crippen molar-refractivity contribution in [1.29, 1.82) is 0 Å². The molecule has 4 heterocycles. The van der Waals surface area contributed by atoms with E-state index >= 15 is 0 Å². The number of nitrogens with zero attached hydrogens (tertiary/aromatic N) is 4. The van der Waals surface area contributed by atoms with Crippen LogP contribution < -0.4 is 10.1 Å². The molecule has 9 heteroatoms. The molecule has 8 nitrogen and oxygen atoms in total. The van der Waals surface area contributed by atoms with Crippen LogP contribution >= 0.6 is 11.3 Å². The number of pyridine rings is 1. The van der Waals surface area contributed by atoms with Crippen molar-refractivity contribution in [3.63, 3.8) is 0 Å². The van der Waals surface area contributed by atoms with Crippen LogP contribution in [0.5, 0.6) is 0 Å². The Hall–Kier alpha value is -4.11. The van der Waals surface area contributed by atoms with Gasteiger partial charge in [0.15, 0.2) is 5.82 Å². The van der Waals surface area contributed by atoms with Gasteiger partial charge in [-0.15, -0.1) is 5.10 Å². The molecule has 0 saturated carbocycles. The predicted molar refractivity (Wildman–Crippen MR) is 119 cm³/mol. The molecule has 0 aliphatic rings. The summed E-state index contributed by atoms with van der Waals surface area (Å²) in [5.74, 6) is 1.27. The summed E-state index contributed by atoms with van der Waals surface area (Å²) < 4.78 is 12.6. The van der Waals surface area contributed by atoms with Gasteiger partial charge >= 0.3 is 5.97 Å². The number of carbonyl (C=O) groups is 1. The summed E-state index contributed by atoms with van der Waals surface area (Å²) in [5, 5.41) is 4.32. The molecule has 5 aromatic rings. The lowest BCUT2D eigenvalue weighted by Crippen LogP contribution is -2.23. The van der Waals surface area contributed by atoms with Gasteiger partial charge in [-0.1, -0.05) is 23.5 Å². The summed E-state index contributed by atoms with van der Waals surface area (Å²) in [5.41, 5.74) is 1.83. The van der Waals surface area contributed by atoms with Crippen LogP contribution in [0.25, 0.3) is 33.7 Å². The average Bonchev–Trinajstić information content (AvgIpc) is 3.52. The number of rotatable bonds is 5. The molecule has 0 amide bonds. The van der Waals surface area contributed by atoms with Gasteiger partial charge in [-0.3, -0.25) is 9.78 Å². The van der Waals surface area contributed by atoms with E-state index in [0.717, 1.165) is 11.1 Å². The third-order valence-electron chi connectivity index (χ3n) is 4.70. The summed E-state index contributed by atoms with van der Waals surface area (Å²) in [7, 11) is 0. The second-order valence-corrected chi connectivity index (χ2v) is 7.79. The minimum absolute atomic E-state index is 0.255. The Bertz CT molecular complexity index is 1520. The molecule has 5 rings (SSSR count). The number of carbonyl (C=O) groups excluding carboxylic acids is 1. The minimum Gasteiger partial charge on any atom is -0.462 e. The van der Waals surface area contributed by atoms with Crippen molar-refractivity contribution >= 4 is 28.3 Å². The Kier molecular flexibility index (Phi) is 5.08. The second-order valence-electron chi connectivity index (χ2n) is 6.78. The van der Waals surface area contributed by atoms with Gasteiger partial charge in [-0.25, -0.2) is 4.79 Å². The molecule has 0 aliphatic heterocycles. The lowest BCUT2D eigenvalue weighted by molar-refractivity contribution is 0.0526. The van der Waals surface area contributed by atoms with E-state index in [1.807, 2.05) is 6.07 Å². The highest BCUT2D eigenvalue weighted by Gasteiger charge is 2.13. The van der Waals surface area contributed by atoms with Crippen LogP contribution in [0.15, 0.2) is 70.1 Å². The number of aromatic nitrogens is 4. The van der Waals surface area contributed by atoms with Crippen LogP contribution in [-0.4, -0.2) is 32.2 Å². The van der Waals surface area contributed by atoms with Crippen molar-refractivity contribution in [3.05, 3.63) is 87.1 Å². The summed E-state index contributed by atoms with van der Waals surface area (Å²) in [6, 6.07) is 14.1. The number of fused-ring (bicyclic) bond motifs is 1. The average molecular weight is 444 g/mol. The molecule has 0 saturated heterocycles. The first kappa shape index (κ1) is 19.8. The third kappa shape index (κ3) is 3.69. The van der Waals surface area contributed by atoms with Crippen molar-refractivity contribution in [2.24, 2.45) is 0 Å². The first-order valence-electron chi connectivity index (χ1n) is 9.81. The standard InChI is InChI=1S/C23H16N4O4S/c1-2-30-22(29)16-5-3-14(4-6-16)18-8-7-17(31-18)13-19-21(28)27-23(32-19)25-20(26-27)15-9-11-24-12-10-15/h3-13H,2H2,1H3/b19-13-. The van der Waals surface area contributed by atoms with Gasteiger partial charge < -0.3 is 9.15 Å². The third-order valence-corrected chi connectivity index (χ3v) is 5.66. The van der Waals surface area contributed by atoms with Crippen molar-refractivity contribution in [3.8, 4) is 22.7 Å². The molecule has 0 aliphatic carbocycles. The Balaban J connectivity index is 1.42. The number of hydrogen-bond donors (Lipinski definition) is 0. The van der Waals surface area contributed by atoms with Crippen LogP contribution in [0.2, 0.25) is 0 Å². The number of furan rings is 1. The van der Waals surface area contributed by atoms with Gasteiger partial charge in [0, 0.05) is 29.6 Å². The molecule has 0 atom stereocenters. The molecule has 0 unspecified atom stereocenters. The molecular weight excluding hydrogens is 428 g/mol. The van der Waals surface area contributed by atoms with E-state index in [4.69, 9.17) is 9.15 Å². The molecule has 1 aromatic carbocycles. The zero-order valence-corrected chi connectivity index (χ0v) is 17.7. The van der Waals surface area contributed by atoms with Gasteiger partial charge in [-0.05, 0) is 43.3 Å². The van der Waals surface area contributed by atoms with E-state index in [-0.39, 0.29) is 11.5 Å². The van der Waals surface area contributed by atoms with E-state index in [2.05, 4.69) is 15.1 Å². The fraction of sp³-hybridized carbons (Fsp3) is 0.0870. The Morgan fingerprint density at radius 1 is 1.09 bits per heavy atom. The smallest absolute Gasteiger partial charge is 0.338 e. The summed E-state index contributed by atoms with van der Waals surface area (Å²) in [6.45, 7) is 2.09. The number of benzene rings is 1. The molecular formula is C23H16N4O4S. The van der Waals surface area contributed by atoms with Crippen molar-refractivity contribution in [2.45, 2.75) is 6.92 Å². The van der Waals surface area contributed by atoms with E-state index in [1.54, 1.807) is 67.9 Å². The van der Waals surface area contributed by atoms with E-state index in [9.17, 15) is 9.59 Å². The lowest BCUT2D eigenvalue weighted by atomic mass is 10.1. The van der Waals surface area contributed by atoms with Crippen molar-refractivity contribution in [1.82, 2.24) is 19.6 Å². The molecule has 0 spiro atoms. The number of thiazole rings is 1. The Labute approximate surface area is 185 Å². The summed E-state index contributed by atoms with van der Waals surface area (Å²) in [4.78, 5) is 33.5. The molecule has 4 aromatic heterocycles. The van der Waals surface area contributed by atoms with Crippen LogP contribution in [0.1, 0.15) is 23.0 Å². The van der Waals surface area contributed by atoms with Crippen LogP contribution in [-0.2, 0) is 4.74 Å². The Morgan fingerprint density at radius 3 is 2.59 bits per heavy atom. The van der Waals surface area contributed by atoms with Crippen LogP contribution in [0.3, 0.4) is 0 Å². The van der Waals surface area contributed by atoms with Crippen LogP contribution in [0, 0.1) is 0 Å². The first-order valence-corrected chi connectivity index (χ1v) is 10.6. The summed E-state index contributed by atoms with van der Waals surface area (Å²) in [6.07, 6.45) is 4.98. The fourth-order valence-electron chi connectivity index (χ4n) is 3.16. The maximum absolute atomic E-state index is 12.8.